The van der Waals surface area contributed by atoms with E-state index in [2.05, 4.69) is 64.2 Å². The highest BCUT2D eigenvalue weighted by Crippen LogP contribution is 2.39. The molecular weight excluding hydrogens is 681 g/mol. The van der Waals surface area contributed by atoms with Gasteiger partial charge in [-0.15, -0.1) is 0 Å². The fraction of sp³-hybridized carbons (Fsp3) is 0.200. The summed E-state index contributed by atoms with van der Waals surface area (Å²) in [6, 6.07) is 53.5. The van der Waals surface area contributed by atoms with Crippen molar-refractivity contribution in [2.75, 3.05) is 6.54 Å². The van der Waals surface area contributed by atoms with Crippen LogP contribution in [0, 0.1) is 0 Å². The normalized spacial score (nSPS) is 17.5. The SMILES string of the molecule is O=S(=O)(NCc1cccc(-c2cccc([C@@H]3O[C@H](CN(Cc4ccccc4)Cc4ccccc4)C[C@H](c4ccc(CO)cc4)O3)c2)c1)c1ccccc1. The molecule has 0 saturated carbocycles. The molecular formula is C45H44N2O5S. The number of aliphatic hydroxyl groups excluding tert-OH is 1. The van der Waals surface area contributed by atoms with Gasteiger partial charge in [-0.25, -0.2) is 13.1 Å². The largest absolute Gasteiger partial charge is 0.392 e. The molecule has 53 heavy (non-hydrogen) atoms. The van der Waals surface area contributed by atoms with Gasteiger partial charge < -0.3 is 14.6 Å². The molecule has 270 valence electrons. The summed E-state index contributed by atoms with van der Waals surface area (Å²) in [7, 11) is -3.64. The number of aliphatic hydroxyl groups is 1. The van der Waals surface area contributed by atoms with Gasteiger partial charge in [-0.05, 0) is 63.2 Å². The van der Waals surface area contributed by atoms with Crippen LogP contribution in [0.5, 0.6) is 0 Å². The Bertz CT molecular complexity index is 2120. The molecule has 0 bridgehead atoms. The van der Waals surface area contributed by atoms with Crippen molar-refractivity contribution in [1.82, 2.24) is 9.62 Å². The zero-order valence-corrected chi connectivity index (χ0v) is 30.3. The number of benzene rings is 6. The molecule has 7 nitrogen and oxygen atoms in total. The molecule has 3 atom stereocenters. The standard InChI is InChI=1S/C45H44N2O5S/c48-33-36-22-24-38(25-23-36)44-28-42(32-47(30-34-12-4-1-5-13-34)31-35-14-6-2-7-15-35)51-45(52-44)41-19-11-18-40(27-41)39-17-10-16-37(26-39)29-46-53(49,50)43-20-8-3-9-21-43/h1-27,42,44-46,48H,28-33H2/t42-,44+,45+/m0/s1. The van der Waals surface area contributed by atoms with Gasteiger partial charge in [-0.1, -0.05) is 140 Å². The van der Waals surface area contributed by atoms with E-state index in [0.717, 1.165) is 46.5 Å². The van der Waals surface area contributed by atoms with Crippen LogP contribution in [0.15, 0.2) is 169 Å². The van der Waals surface area contributed by atoms with Gasteiger partial charge in [-0.2, -0.15) is 0 Å². The van der Waals surface area contributed by atoms with Crippen molar-refractivity contribution in [3.63, 3.8) is 0 Å². The van der Waals surface area contributed by atoms with Crippen LogP contribution in [0.2, 0.25) is 0 Å². The number of ether oxygens (including phenoxy) is 2. The monoisotopic (exact) mass is 724 g/mol. The van der Waals surface area contributed by atoms with Gasteiger partial charge in [0.15, 0.2) is 6.29 Å². The lowest BCUT2D eigenvalue weighted by Gasteiger charge is -2.38. The summed E-state index contributed by atoms with van der Waals surface area (Å²) in [4.78, 5) is 2.68. The topological polar surface area (TPSA) is 88.1 Å². The first kappa shape index (κ1) is 36.4. The predicted molar refractivity (Wildman–Crippen MR) is 208 cm³/mol. The Kier molecular flexibility index (Phi) is 11.9. The molecule has 1 saturated heterocycles. The van der Waals surface area contributed by atoms with Crippen molar-refractivity contribution in [2.45, 2.75) is 56.1 Å². The lowest BCUT2D eigenvalue weighted by molar-refractivity contribution is -0.253. The lowest BCUT2D eigenvalue weighted by Crippen LogP contribution is -2.39. The maximum Gasteiger partial charge on any atom is 0.240 e. The molecule has 7 rings (SSSR count). The van der Waals surface area contributed by atoms with Gasteiger partial charge in [0.25, 0.3) is 0 Å². The van der Waals surface area contributed by atoms with Crippen molar-refractivity contribution in [2.24, 2.45) is 0 Å². The van der Waals surface area contributed by atoms with E-state index >= 15 is 0 Å². The van der Waals surface area contributed by atoms with Gasteiger partial charge in [0.1, 0.15) is 0 Å². The molecule has 0 amide bonds. The summed E-state index contributed by atoms with van der Waals surface area (Å²) >= 11 is 0. The van der Waals surface area contributed by atoms with E-state index in [1.165, 1.54) is 11.1 Å². The Morgan fingerprint density at radius 1 is 0.604 bits per heavy atom. The minimum Gasteiger partial charge on any atom is -0.392 e. The first-order valence-electron chi connectivity index (χ1n) is 18.0. The maximum atomic E-state index is 12.9. The first-order chi connectivity index (χ1) is 25.9. The van der Waals surface area contributed by atoms with Gasteiger partial charge in [0.05, 0.1) is 23.7 Å². The van der Waals surface area contributed by atoms with E-state index in [-0.39, 0.29) is 30.3 Å². The zero-order valence-electron chi connectivity index (χ0n) is 29.5. The van der Waals surface area contributed by atoms with Crippen LogP contribution in [0.4, 0.5) is 0 Å². The predicted octanol–water partition coefficient (Wildman–Crippen LogP) is 8.57. The number of rotatable bonds is 14. The Balaban J connectivity index is 1.13. The Hall–Kier alpha value is -4.93. The third-order valence-corrected chi connectivity index (χ3v) is 10.9. The summed E-state index contributed by atoms with van der Waals surface area (Å²) < 4.78 is 42.0. The van der Waals surface area contributed by atoms with Gasteiger partial charge in [0, 0.05) is 38.2 Å². The van der Waals surface area contributed by atoms with E-state index in [9.17, 15) is 13.5 Å². The molecule has 1 heterocycles. The van der Waals surface area contributed by atoms with Gasteiger partial charge in [-0.3, -0.25) is 4.90 Å². The van der Waals surface area contributed by atoms with Crippen LogP contribution in [-0.4, -0.2) is 31.1 Å². The second kappa shape index (κ2) is 17.3. The minimum absolute atomic E-state index is 0.0129. The minimum atomic E-state index is -3.64. The van der Waals surface area contributed by atoms with Gasteiger partial charge >= 0.3 is 0 Å². The Morgan fingerprint density at radius 2 is 1.19 bits per heavy atom. The molecule has 0 unspecified atom stereocenters. The number of sulfonamides is 1. The fourth-order valence-corrected chi connectivity index (χ4v) is 7.82. The highest BCUT2D eigenvalue weighted by Gasteiger charge is 2.33. The molecule has 6 aromatic rings. The highest BCUT2D eigenvalue weighted by molar-refractivity contribution is 7.89. The van der Waals surface area contributed by atoms with Crippen LogP contribution >= 0.6 is 0 Å². The Labute approximate surface area is 312 Å². The molecule has 0 aromatic heterocycles. The van der Waals surface area contributed by atoms with Crippen molar-refractivity contribution < 1.29 is 23.0 Å². The summed E-state index contributed by atoms with van der Waals surface area (Å²) in [6.45, 7) is 2.42. The number of hydrogen-bond acceptors (Lipinski definition) is 6. The van der Waals surface area contributed by atoms with E-state index < -0.39 is 16.3 Å². The smallest absolute Gasteiger partial charge is 0.240 e. The molecule has 0 spiro atoms. The molecule has 0 aliphatic carbocycles. The fourth-order valence-electron chi connectivity index (χ4n) is 6.78. The van der Waals surface area contributed by atoms with E-state index in [0.29, 0.717) is 13.0 Å². The van der Waals surface area contributed by atoms with Crippen LogP contribution in [0.1, 0.15) is 52.2 Å². The number of nitrogens with zero attached hydrogens (tertiary/aromatic N) is 1. The molecule has 6 aromatic carbocycles. The first-order valence-corrected chi connectivity index (χ1v) is 19.4. The van der Waals surface area contributed by atoms with E-state index in [1.54, 1.807) is 30.3 Å². The second-order valence-corrected chi connectivity index (χ2v) is 15.2. The molecule has 2 N–H and O–H groups in total. The Morgan fingerprint density at radius 3 is 1.83 bits per heavy atom. The summed E-state index contributed by atoms with van der Waals surface area (Å²) in [5.74, 6) is 0. The maximum absolute atomic E-state index is 12.9. The molecule has 1 aliphatic heterocycles. The lowest BCUT2D eigenvalue weighted by atomic mass is 9.98. The van der Waals surface area contributed by atoms with Crippen molar-refractivity contribution in [3.8, 4) is 11.1 Å². The zero-order chi connectivity index (χ0) is 36.5. The molecule has 1 fully saturated rings. The van der Waals surface area contributed by atoms with Crippen molar-refractivity contribution in [3.05, 3.63) is 197 Å². The van der Waals surface area contributed by atoms with E-state index in [1.807, 2.05) is 78.9 Å². The molecule has 0 radical (unpaired) electrons. The summed E-state index contributed by atoms with van der Waals surface area (Å²) in [5.41, 5.74) is 8.07. The number of nitrogens with one attached hydrogen (secondary N) is 1. The van der Waals surface area contributed by atoms with Crippen LogP contribution < -0.4 is 4.72 Å². The average molecular weight is 725 g/mol. The highest BCUT2D eigenvalue weighted by atomic mass is 32.2. The van der Waals surface area contributed by atoms with Gasteiger partial charge in [0.2, 0.25) is 10.0 Å². The average Bonchev–Trinajstić information content (AvgIpc) is 3.21. The third-order valence-electron chi connectivity index (χ3n) is 9.51. The molecule has 1 aliphatic rings. The van der Waals surface area contributed by atoms with Crippen molar-refractivity contribution >= 4 is 10.0 Å². The second-order valence-electron chi connectivity index (χ2n) is 13.5. The van der Waals surface area contributed by atoms with Crippen molar-refractivity contribution in [1.29, 1.82) is 0 Å². The third kappa shape index (κ3) is 9.74. The van der Waals surface area contributed by atoms with Crippen LogP contribution in [0.25, 0.3) is 11.1 Å². The van der Waals surface area contributed by atoms with E-state index in [4.69, 9.17) is 9.47 Å². The summed E-state index contributed by atoms with van der Waals surface area (Å²) in [6.07, 6.45) is -0.289. The molecule has 8 heteroatoms. The van der Waals surface area contributed by atoms with Crippen LogP contribution in [0.3, 0.4) is 0 Å². The number of hydrogen-bond donors (Lipinski definition) is 2. The quantitative estimate of drug-likeness (QED) is 0.117. The summed E-state index contributed by atoms with van der Waals surface area (Å²) in [5, 5.41) is 9.68. The van der Waals surface area contributed by atoms with Crippen LogP contribution in [-0.2, 0) is 45.7 Å².